The van der Waals surface area contributed by atoms with Gasteiger partial charge in [-0.3, -0.25) is 4.79 Å². The van der Waals surface area contributed by atoms with Gasteiger partial charge in [0.15, 0.2) is 5.13 Å². The molecule has 2 heterocycles. The van der Waals surface area contributed by atoms with Crippen molar-refractivity contribution in [3.8, 4) is 0 Å². The van der Waals surface area contributed by atoms with Crippen molar-refractivity contribution in [2.75, 3.05) is 18.0 Å². The van der Waals surface area contributed by atoms with E-state index in [1.807, 2.05) is 0 Å². The lowest BCUT2D eigenvalue weighted by Crippen LogP contribution is -2.32. The van der Waals surface area contributed by atoms with Crippen LogP contribution in [-0.4, -0.2) is 29.1 Å². The summed E-state index contributed by atoms with van der Waals surface area (Å²) in [7, 11) is 0. The minimum Gasteiger partial charge on any atom is -0.481 e. The molecule has 0 atom stereocenters. The van der Waals surface area contributed by atoms with Crippen LogP contribution in [0, 0.1) is 5.92 Å². The van der Waals surface area contributed by atoms with Crippen molar-refractivity contribution in [3.05, 3.63) is 10.6 Å². The third kappa shape index (κ3) is 3.72. The minimum absolute atomic E-state index is 0.193. The molecule has 0 amide bonds. The summed E-state index contributed by atoms with van der Waals surface area (Å²) in [4.78, 5) is 19.1. The smallest absolute Gasteiger partial charge is 0.303 e. The van der Waals surface area contributed by atoms with Crippen LogP contribution in [0.1, 0.15) is 56.5 Å². The highest BCUT2D eigenvalue weighted by atomic mass is 32.1. The Labute approximate surface area is 124 Å². The molecule has 0 unspecified atom stereocenters. The number of carboxylic acids is 1. The molecule has 1 saturated heterocycles. The first kappa shape index (κ1) is 15.3. The van der Waals surface area contributed by atoms with E-state index in [1.165, 1.54) is 12.8 Å². The summed E-state index contributed by atoms with van der Waals surface area (Å²) >= 11 is 1.69. The number of nitrogens with zero attached hydrogens (tertiary/aromatic N) is 2. The molecule has 1 fully saturated rings. The van der Waals surface area contributed by atoms with E-state index < -0.39 is 5.97 Å². The van der Waals surface area contributed by atoms with Crippen LogP contribution in [0.5, 0.6) is 0 Å². The quantitative estimate of drug-likeness (QED) is 0.903. The zero-order valence-electron chi connectivity index (χ0n) is 12.6. The SMILES string of the molecule is CC1CCN(c2nc(C(C)C)c(CCC(=O)O)s2)CC1. The Hall–Kier alpha value is -1.10. The van der Waals surface area contributed by atoms with Gasteiger partial charge in [-0.25, -0.2) is 4.98 Å². The van der Waals surface area contributed by atoms with Crippen LogP contribution in [-0.2, 0) is 11.2 Å². The Kier molecular flexibility index (Phi) is 5.02. The van der Waals surface area contributed by atoms with Gasteiger partial charge in [-0.1, -0.05) is 20.8 Å². The number of aryl methyl sites for hydroxylation is 1. The summed E-state index contributed by atoms with van der Waals surface area (Å²) < 4.78 is 0. The van der Waals surface area contributed by atoms with Crippen LogP contribution in [0.3, 0.4) is 0 Å². The van der Waals surface area contributed by atoms with Crippen LogP contribution < -0.4 is 4.90 Å². The van der Waals surface area contributed by atoms with Crippen LogP contribution in [0.25, 0.3) is 0 Å². The minimum atomic E-state index is -0.735. The first-order valence-corrected chi connectivity index (χ1v) is 8.25. The molecule has 0 radical (unpaired) electrons. The van der Waals surface area contributed by atoms with Crippen molar-refractivity contribution in [2.24, 2.45) is 5.92 Å². The summed E-state index contributed by atoms with van der Waals surface area (Å²) in [5.41, 5.74) is 1.09. The van der Waals surface area contributed by atoms with Gasteiger partial charge in [0.1, 0.15) is 0 Å². The number of rotatable bonds is 5. The Bertz CT molecular complexity index is 462. The Balaban J connectivity index is 2.13. The maximum Gasteiger partial charge on any atom is 0.303 e. The summed E-state index contributed by atoms with van der Waals surface area (Å²) in [6.45, 7) is 8.70. The van der Waals surface area contributed by atoms with E-state index in [2.05, 4.69) is 25.7 Å². The van der Waals surface area contributed by atoms with Gasteiger partial charge in [0.25, 0.3) is 0 Å². The highest BCUT2D eigenvalue weighted by molar-refractivity contribution is 7.15. The van der Waals surface area contributed by atoms with E-state index >= 15 is 0 Å². The summed E-state index contributed by atoms with van der Waals surface area (Å²) in [6.07, 6.45) is 3.24. The number of carbonyl (C=O) groups is 1. The fraction of sp³-hybridized carbons (Fsp3) is 0.733. The fourth-order valence-electron chi connectivity index (χ4n) is 2.54. The van der Waals surface area contributed by atoms with Gasteiger partial charge >= 0.3 is 5.97 Å². The molecule has 2 rings (SSSR count). The number of piperidine rings is 1. The summed E-state index contributed by atoms with van der Waals surface area (Å²) in [6, 6.07) is 0. The zero-order valence-corrected chi connectivity index (χ0v) is 13.4. The Morgan fingerprint density at radius 3 is 2.65 bits per heavy atom. The lowest BCUT2D eigenvalue weighted by atomic mass is 10.00. The average Bonchev–Trinajstić information content (AvgIpc) is 2.81. The van der Waals surface area contributed by atoms with E-state index in [9.17, 15) is 4.79 Å². The summed E-state index contributed by atoms with van der Waals surface area (Å²) in [5.74, 6) is 0.427. The lowest BCUT2D eigenvalue weighted by molar-refractivity contribution is -0.136. The van der Waals surface area contributed by atoms with E-state index in [0.29, 0.717) is 12.3 Å². The largest absolute Gasteiger partial charge is 0.481 e. The lowest BCUT2D eigenvalue weighted by Gasteiger charge is -2.29. The molecule has 1 N–H and O–H groups in total. The third-order valence-corrected chi connectivity index (χ3v) is 5.07. The van der Waals surface area contributed by atoms with Gasteiger partial charge in [0.05, 0.1) is 12.1 Å². The molecule has 112 valence electrons. The second-order valence-corrected chi connectivity index (χ2v) is 7.08. The second-order valence-electron chi connectivity index (χ2n) is 6.02. The van der Waals surface area contributed by atoms with Crippen molar-refractivity contribution in [1.82, 2.24) is 4.98 Å². The predicted octanol–water partition coefficient (Wildman–Crippen LogP) is 3.52. The van der Waals surface area contributed by atoms with Gasteiger partial charge in [0, 0.05) is 18.0 Å². The van der Waals surface area contributed by atoms with Gasteiger partial charge in [-0.05, 0) is 31.1 Å². The molecular formula is C15H24N2O2S. The molecule has 0 spiro atoms. The number of anilines is 1. The maximum atomic E-state index is 10.8. The standard InChI is InChI=1S/C15H24N2O2S/c1-10(2)14-12(4-5-13(18)19)20-15(16-14)17-8-6-11(3)7-9-17/h10-11H,4-9H2,1-3H3,(H,18,19). The molecule has 4 nitrogen and oxygen atoms in total. The molecule has 20 heavy (non-hydrogen) atoms. The second kappa shape index (κ2) is 6.57. The van der Waals surface area contributed by atoms with Crippen molar-refractivity contribution in [3.63, 3.8) is 0 Å². The van der Waals surface area contributed by atoms with Gasteiger partial charge < -0.3 is 10.0 Å². The van der Waals surface area contributed by atoms with Crippen molar-refractivity contribution in [1.29, 1.82) is 0 Å². The molecule has 5 heteroatoms. The van der Waals surface area contributed by atoms with Gasteiger partial charge in [-0.2, -0.15) is 0 Å². The van der Waals surface area contributed by atoms with Crippen LogP contribution in [0.15, 0.2) is 0 Å². The van der Waals surface area contributed by atoms with E-state index in [-0.39, 0.29) is 6.42 Å². The first-order valence-electron chi connectivity index (χ1n) is 7.43. The van der Waals surface area contributed by atoms with Crippen molar-refractivity contribution < 1.29 is 9.90 Å². The number of carboxylic acid groups (broad SMARTS) is 1. The van der Waals surface area contributed by atoms with Gasteiger partial charge in [0.2, 0.25) is 0 Å². The fourth-order valence-corrected chi connectivity index (χ4v) is 3.80. The third-order valence-electron chi connectivity index (χ3n) is 3.88. The number of aromatic nitrogens is 1. The van der Waals surface area contributed by atoms with E-state index in [1.54, 1.807) is 11.3 Å². The van der Waals surface area contributed by atoms with Crippen LogP contribution >= 0.6 is 11.3 Å². The Morgan fingerprint density at radius 1 is 1.45 bits per heavy atom. The monoisotopic (exact) mass is 296 g/mol. The molecule has 1 aromatic heterocycles. The van der Waals surface area contributed by atoms with Crippen LogP contribution in [0.4, 0.5) is 5.13 Å². The van der Waals surface area contributed by atoms with Gasteiger partial charge in [-0.15, -0.1) is 11.3 Å². The highest BCUT2D eigenvalue weighted by Gasteiger charge is 2.22. The van der Waals surface area contributed by atoms with Crippen LogP contribution in [0.2, 0.25) is 0 Å². The van der Waals surface area contributed by atoms with Crippen molar-refractivity contribution >= 4 is 22.4 Å². The molecule has 0 saturated carbocycles. The highest BCUT2D eigenvalue weighted by Crippen LogP contribution is 2.33. The zero-order chi connectivity index (χ0) is 14.7. The molecule has 0 aliphatic carbocycles. The summed E-state index contributed by atoms with van der Waals surface area (Å²) in [5, 5.41) is 9.95. The molecule has 1 aliphatic rings. The van der Waals surface area contributed by atoms with E-state index in [0.717, 1.165) is 34.7 Å². The topological polar surface area (TPSA) is 53.4 Å². The van der Waals surface area contributed by atoms with Crippen molar-refractivity contribution in [2.45, 2.75) is 52.4 Å². The molecule has 0 bridgehead atoms. The molecule has 1 aromatic rings. The maximum absolute atomic E-state index is 10.8. The molecule has 1 aliphatic heterocycles. The number of hydrogen-bond acceptors (Lipinski definition) is 4. The number of hydrogen-bond donors (Lipinski definition) is 1. The Morgan fingerprint density at radius 2 is 2.10 bits per heavy atom. The molecule has 0 aromatic carbocycles. The number of aliphatic carboxylic acids is 1. The predicted molar refractivity (Wildman–Crippen MR) is 82.8 cm³/mol. The normalized spacial score (nSPS) is 16.9. The number of thiazole rings is 1. The average molecular weight is 296 g/mol. The van der Waals surface area contributed by atoms with E-state index in [4.69, 9.17) is 10.1 Å². The molecular weight excluding hydrogens is 272 g/mol. The first-order chi connectivity index (χ1) is 9.47.